The molecule has 8 nitrogen and oxygen atoms in total. The Morgan fingerprint density at radius 2 is 2.03 bits per heavy atom. The Balaban J connectivity index is 1.47. The summed E-state index contributed by atoms with van der Waals surface area (Å²) in [4.78, 5) is 17.7. The number of benzene rings is 1. The highest BCUT2D eigenvalue weighted by atomic mass is 35.5. The Hall–Kier alpha value is -2.01. The molecule has 3 aromatic rings. The third kappa shape index (κ3) is 4.41. The molecule has 1 atom stereocenters. The summed E-state index contributed by atoms with van der Waals surface area (Å²) in [6.07, 6.45) is 6.94. The minimum atomic E-state index is -3.30. The van der Waals surface area contributed by atoms with E-state index in [9.17, 15) is 13.2 Å². The molecule has 2 aromatic heterocycles. The van der Waals surface area contributed by atoms with Crippen LogP contribution in [-0.4, -0.2) is 47.6 Å². The van der Waals surface area contributed by atoms with Crippen LogP contribution in [0.15, 0.2) is 35.5 Å². The Labute approximate surface area is 194 Å². The molecule has 1 aliphatic carbocycles. The average Bonchev–Trinajstić information content (AvgIpc) is 3.46. The van der Waals surface area contributed by atoms with Crippen LogP contribution < -0.4 is 5.32 Å². The number of nitrogens with one attached hydrogen (secondary N) is 1. The molecular formula is C21H23ClN4O4S2. The van der Waals surface area contributed by atoms with Crippen molar-refractivity contribution in [2.45, 2.75) is 48.3 Å². The zero-order chi connectivity index (χ0) is 22.3. The molecule has 2 fully saturated rings. The van der Waals surface area contributed by atoms with Crippen molar-refractivity contribution in [3.8, 4) is 0 Å². The summed E-state index contributed by atoms with van der Waals surface area (Å²) in [6.45, 7) is 1.37. The standard InChI is InChI=1S/C21H23ClN4O4S2/c22-19-12-23-21(31-19)25-20(27)18(9-13-5-7-30-8-6-13)26-17-4-3-16(10-14(17)11-24-26)32(28,29)15-1-2-15/h3-4,10-13,15,18H,1-2,5-9H2,(H,23,25,27)/t18-/m0/s1. The monoisotopic (exact) mass is 494 g/mol. The molecule has 2 aliphatic rings. The lowest BCUT2D eigenvalue weighted by molar-refractivity contribution is -0.120. The number of thiazole rings is 1. The minimum absolute atomic E-state index is 0.220. The second-order valence-corrected chi connectivity index (χ2v) is 12.2. The largest absolute Gasteiger partial charge is 0.381 e. The number of rotatable bonds is 7. The SMILES string of the molecule is O=C(Nc1ncc(Cl)s1)[C@H](CC1CCOCC1)n1ncc2cc(S(=O)(=O)C3CC3)ccc21. The van der Waals surface area contributed by atoms with E-state index >= 15 is 0 Å². The quantitative estimate of drug-likeness (QED) is 0.530. The van der Waals surface area contributed by atoms with E-state index in [1.54, 1.807) is 29.1 Å². The summed E-state index contributed by atoms with van der Waals surface area (Å²) in [6, 6.07) is 4.47. The molecule has 0 unspecified atom stereocenters. The van der Waals surface area contributed by atoms with Crippen molar-refractivity contribution in [1.82, 2.24) is 14.8 Å². The smallest absolute Gasteiger partial charge is 0.251 e. The first-order valence-corrected chi connectivity index (χ1v) is 13.4. The van der Waals surface area contributed by atoms with Crippen molar-refractivity contribution in [2.24, 2.45) is 5.92 Å². The minimum Gasteiger partial charge on any atom is -0.381 e. The van der Waals surface area contributed by atoms with Gasteiger partial charge in [-0.25, -0.2) is 13.4 Å². The number of halogens is 1. The van der Waals surface area contributed by atoms with Gasteiger partial charge in [-0.15, -0.1) is 0 Å². The van der Waals surface area contributed by atoms with Crippen LogP contribution in [0.5, 0.6) is 0 Å². The highest BCUT2D eigenvalue weighted by molar-refractivity contribution is 7.92. The number of anilines is 1. The maximum Gasteiger partial charge on any atom is 0.251 e. The average molecular weight is 495 g/mol. The number of aromatic nitrogens is 3. The topological polar surface area (TPSA) is 103 Å². The van der Waals surface area contributed by atoms with Crippen LogP contribution in [0.1, 0.15) is 38.1 Å². The first-order valence-electron chi connectivity index (χ1n) is 10.6. The van der Waals surface area contributed by atoms with Crippen molar-refractivity contribution >= 4 is 54.7 Å². The Morgan fingerprint density at radius 1 is 1.25 bits per heavy atom. The van der Waals surface area contributed by atoms with E-state index in [1.807, 2.05) is 0 Å². The number of carbonyl (C=O) groups is 1. The van der Waals surface area contributed by atoms with Crippen molar-refractivity contribution in [3.05, 3.63) is 34.9 Å². The normalized spacial score (nSPS) is 18.7. The molecule has 1 aromatic carbocycles. The molecular weight excluding hydrogens is 472 g/mol. The van der Waals surface area contributed by atoms with Crippen LogP contribution in [0.2, 0.25) is 4.34 Å². The molecule has 1 saturated heterocycles. The Bertz CT molecular complexity index is 1250. The Kier molecular flexibility index (Phi) is 5.96. The van der Waals surface area contributed by atoms with E-state index in [0.29, 0.717) is 58.1 Å². The molecule has 11 heteroatoms. The number of fused-ring (bicyclic) bond motifs is 1. The van der Waals surface area contributed by atoms with Gasteiger partial charge in [0.05, 0.1) is 28.1 Å². The van der Waals surface area contributed by atoms with E-state index < -0.39 is 15.9 Å². The van der Waals surface area contributed by atoms with Gasteiger partial charge in [0.2, 0.25) is 0 Å². The van der Waals surface area contributed by atoms with Crippen molar-refractivity contribution in [1.29, 1.82) is 0 Å². The van der Waals surface area contributed by atoms with Crippen LogP contribution in [0.4, 0.5) is 5.13 Å². The first-order chi connectivity index (χ1) is 15.4. The molecule has 1 saturated carbocycles. The molecule has 32 heavy (non-hydrogen) atoms. The van der Waals surface area contributed by atoms with Gasteiger partial charge in [-0.05, 0) is 56.2 Å². The lowest BCUT2D eigenvalue weighted by Crippen LogP contribution is -2.30. The zero-order valence-electron chi connectivity index (χ0n) is 17.2. The van der Waals surface area contributed by atoms with E-state index in [2.05, 4.69) is 15.4 Å². The fourth-order valence-corrected chi connectivity index (χ4v) is 6.65. The van der Waals surface area contributed by atoms with Gasteiger partial charge in [0.15, 0.2) is 15.0 Å². The molecule has 0 radical (unpaired) electrons. The van der Waals surface area contributed by atoms with Crippen LogP contribution in [0, 0.1) is 5.92 Å². The van der Waals surface area contributed by atoms with Gasteiger partial charge < -0.3 is 10.1 Å². The molecule has 1 amide bonds. The Morgan fingerprint density at radius 3 is 2.72 bits per heavy atom. The maximum atomic E-state index is 13.3. The van der Waals surface area contributed by atoms with E-state index in [4.69, 9.17) is 16.3 Å². The fraction of sp³-hybridized carbons (Fsp3) is 0.476. The molecule has 3 heterocycles. The van der Waals surface area contributed by atoms with Gasteiger partial charge in [-0.1, -0.05) is 22.9 Å². The van der Waals surface area contributed by atoms with E-state index in [1.165, 1.54) is 17.5 Å². The number of sulfone groups is 1. The molecule has 0 bridgehead atoms. The number of hydrogen-bond donors (Lipinski definition) is 1. The zero-order valence-corrected chi connectivity index (χ0v) is 19.6. The molecule has 5 rings (SSSR count). The first kappa shape index (κ1) is 21.8. The third-order valence-electron chi connectivity index (χ3n) is 6.06. The summed E-state index contributed by atoms with van der Waals surface area (Å²) in [5.74, 6) is 0.107. The van der Waals surface area contributed by atoms with Crippen molar-refractivity contribution in [2.75, 3.05) is 18.5 Å². The number of carbonyl (C=O) groups excluding carboxylic acids is 1. The second kappa shape index (κ2) is 8.74. The lowest BCUT2D eigenvalue weighted by atomic mass is 9.92. The highest BCUT2D eigenvalue weighted by Crippen LogP contribution is 2.35. The van der Waals surface area contributed by atoms with Crippen LogP contribution >= 0.6 is 22.9 Å². The van der Waals surface area contributed by atoms with E-state index in [0.717, 1.165) is 18.4 Å². The summed E-state index contributed by atoms with van der Waals surface area (Å²) in [5, 5.41) is 8.23. The highest BCUT2D eigenvalue weighted by Gasteiger charge is 2.37. The molecule has 0 spiro atoms. The van der Waals surface area contributed by atoms with Crippen LogP contribution in [-0.2, 0) is 19.4 Å². The fourth-order valence-electron chi connectivity index (χ4n) is 4.14. The molecule has 1 N–H and O–H groups in total. The van der Waals surface area contributed by atoms with Crippen LogP contribution in [0.3, 0.4) is 0 Å². The summed E-state index contributed by atoms with van der Waals surface area (Å²) in [5.41, 5.74) is 0.726. The number of amides is 1. The van der Waals surface area contributed by atoms with Crippen molar-refractivity contribution in [3.63, 3.8) is 0 Å². The predicted octanol–water partition coefficient (Wildman–Crippen LogP) is 4.08. The molecule has 170 valence electrons. The second-order valence-electron chi connectivity index (χ2n) is 8.32. The van der Waals surface area contributed by atoms with Crippen molar-refractivity contribution < 1.29 is 17.9 Å². The van der Waals surface area contributed by atoms with Gasteiger partial charge in [-0.3, -0.25) is 9.48 Å². The lowest BCUT2D eigenvalue weighted by Gasteiger charge is -2.26. The third-order valence-corrected chi connectivity index (χ3v) is 9.35. The van der Waals surface area contributed by atoms with E-state index in [-0.39, 0.29) is 11.2 Å². The summed E-state index contributed by atoms with van der Waals surface area (Å²) in [7, 11) is -3.30. The number of ether oxygens (including phenoxy) is 1. The molecule has 1 aliphatic heterocycles. The van der Waals surface area contributed by atoms with Gasteiger partial charge in [-0.2, -0.15) is 5.10 Å². The van der Waals surface area contributed by atoms with Gasteiger partial charge in [0.1, 0.15) is 10.4 Å². The van der Waals surface area contributed by atoms with Gasteiger partial charge >= 0.3 is 0 Å². The maximum absolute atomic E-state index is 13.3. The van der Waals surface area contributed by atoms with Gasteiger partial charge in [0.25, 0.3) is 5.91 Å². The predicted molar refractivity (Wildman–Crippen MR) is 123 cm³/mol. The number of hydrogen-bond acceptors (Lipinski definition) is 7. The van der Waals surface area contributed by atoms with Gasteiger partial charge in [0, 0.05) is 18.6 Å². The summed E-state index contributed by atoms with van der Waals surface area (Å²) < 4.78 is 32.9. The summed E-state index contributed by atoms with van der Waals surface area (Å²) >= 11 is 7.16. The van der Waals surface area contributed by atoms with Crippen LogP contribution in [0.25, 0.3) is 10.9 Å². The number of nitrogens with zero attached hydrogens (tertiary/aromatic N) is 3.